The lowest BCUT2D eigenvalue weighted by atomic mass is 9.90. The maximum atomic E-state index is 12.9. The van der Waals surface area contributed by atoms with Gasteiger partial charge in [0.1, 0.15) is 6.04 Å². The molecule has 0 aromatic heterocycles. The van der Waals surface area contributed by atoms with Crippen LogP contribution in [0.4, 0.5) is 0 Å². The van der Waals surface area contributed by atoms with Crippen molar-refractivity contribution in [3.8, 4) is 0 Å². The first-order chi connectivity index (χ1) is 13.0. The Morgan fingerprint density at radius 1 is 1.04 bits per heavy atom. The highest BCUT2D eigenvalue weighted by Crippen LogP contribution is 2.37. The van der Waals surface area contributed by atoms with E-state index in [4.69, 9.17) is 0 Å². The number of hydrogen-bond donors (Lipinski definition) is 1. The van der Waals surface area contributed by atoms with Crippen molar-refractivity contribution in [3.05, 3.63) is 45.6 Å². The fraction of sp³-hybridized carbons (Fsp3) is 0.500. The highest BCUT2D eigenvalue weighted by molar-refractivity contribution is 14.1. The van der Waals surface area contributed by atoms with Gasteiger partial charge in [-0.3, -0.25) is 14.5 Å². The topological polar surface area (TPSA) is 64.1 Å². The van der Waals surface area contributed by atoms with Crippen molar-refractivity contribution in [1.29, 1.82) is 0 Å². The number of piperidine rings is 1. The molecule has 0 aliphatic carbocycles. The minimum atomic E-state index is -0.769. The molecule has 1 aromatic carbocycles. The van der Waals surface area contributed by atoms with E-state index in [2.05, 4.69) is 27.6 Å². The van der Waals surface area contributed by atoms with Gasteiger partial charge in [-0.25, -0.2) is 10.0 Å². The molecule has 3 heterocycles. The summed E-state index contributed by atoms with van der Waals surface area (Å²) in [5, 5.41) is 15.3. The lowest BCUT2D eigenvalue weighted by molar-refractivity contribution is -0.155. The largest absolute Gasteiger partial charge is 0.386 e. The first-order valence-electron chi connectivity index (χ1n) is 9.45. The van der Waals surface area contributed by atoms with Crippen LogP contribution in [0.25, 0.3) is 0 Å². The van der Waals surface area contributed by atoms with Gasteiger partial charge in [-0.15, -0.1) is 0 Å². The molecule has 1 N–H and O–H groups in total. The summed E-state index contributed by atoms with van der Waals surface area (Å²) in [5.74, 6) is -0.810. The number of carbonyl (C=O) groups excluding carboxylic acids is 2. The number of hydrogen-bond acceptors (Lipinski definition) is 5. The van der Waals surface area contributed by atoms with Gasteiger partial charge < -0.3 is 5.11 Å². The van der Waals surface area contributed by atoms with Crippen molar-refractivity contribution in [2.75, 3.05) is 20.1 Å². The van der Waals surface area contributed by atoms with E-state index in [-0.39, 0.29) is 17.9 Å². The number of amides is 2. The van der Waals surface area contributed by atoms with E-state index >= 15 is 0 Å². The Labute approximate surface area is 172 Å². The number of hydrazine groups is 1. The summed E-state index contributed by atoms with van der Waals surface area (Å²) in [6.07, 6.45) is 6.24. The number of aliphatic hydroxyl groups is 1. The second kappa shape index (κ2) is 7.62. The van der Waals surface area contributed by atoms with Crippen LogP contribution in [0.5, 0.6) is 0 Å². The average molecular weight is 481 g/mol. The van der Waals surface area contributed by atoms with E-state index in [1.807, 2.05) is 41.4 Å². The summed E-state index contributed by atoms with van der Waals surface area (Å²) >= 11 is 2.24. The van der Waals surface area contributed by atoms with Crippen molar-refractivity contribution in [2.45, 2.75) is 37.5 Å². The number of imide groups is 1. The Balaban J connectivity index is 1.71. The summed E-state index contributed by atoms with van der Waals surface area (Å²) in [7, 11) is 1.55. The molecule has 2 amide bonds. The predicted octanol–water partition coefficient (Wildman–Crippen LogP) is 1.95. The summed E-state index contributed by atoms with van der Waals surface area (Å²) in [6.45, 7) is 1.69. The number of benzene rings is 1. The van der Waals surface area contributed by atoms with Gasteiger partial charge in [-0.1, -0.05) is 30.7 Å². The van der Waals surface area contributed by atoms with Crippen molar-refractivity contribution in [3.63, 3.8) is 0 Å². The molecular formula is C20H24IN3O3. The van der Waals surface area contributed by atoms with E-state index in [1.165, 1.54) is 11.3 Å². The Bertz CT molecular complexity index is 760. The zero-order valence-corrected chi connectivity index (χ0v) is 17.4. The molecule has 2 saturated heterocycles. The number of likely N-dealkylation sites (N-methyl/N-ethyl adjacent to an activating group) is 1. The van der Waals surface area contributed by atoms with Crippen LogP contribution >= 0.6 is 22.6 Å². The van der Waals surface area contributed by atoms with E-state index in [1.54, 1.807) is 7.05 Å². The molecule has 7 heteroatoms. The quantitative estimate of drug-likeness (QED) is 0.407. The molecule has 4 rings (SSSR count). The Morgan fingerprint density at radius 3 is 2.37 bits per heavy atom. The number of likely N-dealkylation sites (tertiary alicyclic amines) is 1. The number of halogens is 1. The molecule has 0 saturated carbocycles. The van der Waals surface area contributed by atoms with Gasteiger partial charge in [-0.05, 0) is 53.1 Å². The molecule has 6 nitrogen and oxygen atoms in total. The maximum Gasteiger partial charge on any atom is 0.248 e. The first kappa shape index (κ1) is 19.0. The van der Waals surface area contributed by atoms with Crippen LogP contribution in [0.2, 0.25) is 0 Å². The van der Waals surface area contributed by atoms with Gasteiger partial charge >= 0.3 is 0 Å². The second-order valence-electron chi connectivity index (χ2n) is 7.47. The van der Waals surface area contributed by atoms with Gasteiger partial charge in [0.05, 0.1) is 18.1 Å². The SMILES string of the molecule is CN1C(=O)C2C=CC(C(O)c3ccc(I)cc3)N(N3CCCCC3)C2C1=O. The molecule has 3 aliphatic heterocycles. The van der Waals surface area contributed by atoms with Crippen molar-refractivity contribution >= 4 is 34.4 Å². The standard InChI is InChI=1S/C20H24IN3O3/c1-22-19(26)15-9-10-16(18(25)13-5-7-14(21)8-6-13)24(17(15)20(22)27)23-11-3-2-4-12-23/h5-10,15-18,25H,2-4,11-12H2,1H3. The molecule has 2 fully saturated rings. The molecule has 4 atom stereocenters. The summed E-state index contributed by atoms with van der Waals surface area (Å²) in [4.78, 5) is 26.6. The zero-order valence-electron chi connectivity index (χ0n) is 15.3. The summed E-state index contributed by atoms with van der Waals surface area (Å²) in [5.41, 5.74) is 0.815. The second-order valence-corrected chi connectivity index (χ2v) is 8.72. The Kier molecular flexibility index (Phi) is 5.37. The van der Waals surface area contributed by atoms with Crippen molar-refractivity contribution < 1.29 is 14.7 Å². The normalized spacial score (nSPS) is 30.6. The van der Waals surface area contributed by atoms with Crippen LogP contribution in [-0.2, 0) is 9.59 Å². The summed E-state index contributed by atoms with van der Waals surface area (Å²) in [6, 6.07) is 6.86. The van der Waals surface area contributed by atoms with Crippen LogP contribution in [-0.4, -0.2) is 64.1 Å². The third kappa shape index (κ3) is 3.35. The minimum Gasteiger partial charge on any atom is -0.386 e. The van der Waals surface area contributed by atoms with Crippen LogP contribution in [0.3, 0.4) is 0 Å². The van der Waals surface area contributed by atoms with E-state index in [0.29, 0.717) is 0 Å². The third-order valence-electron chi connectivity index (χ3n) is 5.84. The monoisotopic (exact) mass is 481 g/mol. The van der Waals surface area contributed by atoms with E-state index in [9.17, 15) is 14.7 Å². The zero-order chi connectivity index (χ0) is 19.1. The number of carbonyl (C=O) groups is 2. The average Bonchev–Trinajstić information content (AvgIpc) is 2.92. The Morgan fingerprint density at radius 2 is 1.70 bits per heavy atom. The molecule has 4 unspecified atom stereocenters. The highest BCUT2D eigenvalue weighted by Gasteiger charge is 2.53. The molecule has 0 radical (unpaired) electrons. The predicted molar refractivity (Wildman–Crippen MR) is 109 cm³/mol. The third-order valence-corrected chi connectivity index (χ3v) is 6.56. The van der Waals surface area contributed by atoms with Crippen molar-refractivity contribution in [1.82, 2.24) is 14.9 Å². The van der Waals surface area contributed by atoms with E-state index < -0.39 is 18.1 Å². The van der Waals surface area contributed by atoms with Crippen LogP contribution < -0.4 is 0 Å². The summed E-state index contributed by atoms with van der Waals surface area (Å²) < 4.78 is 1.11. The van der Waals surface area contributed by atoms with Gasteiger partial charge in [0, 0.05) is 23.7 Å². The molecule has 144 valence electrons. The highest BCUT2D eigenvalue weighted by atomic mass is 127. The molecule has 3 aliphatic rings. The maximum absolute atomic E-state index is 12.9. The lowest BCUT2D eigenvalue weighted by Crippen LogP contribution is -2.61. The van der Waals surface area contributed by atoms with Crippen LogP contribution in [0, 0.1) is 9.49 Å². The number of fused-ring (bicyclic) bond motifs is 1. The van der Waals surface area contributed by atoms with Crippen LogP contribution in [0.15, 0.2) is 36.4 Å². The molecule has 27 heavy (non-hydrogen) atoms. The van der Waals surface area contributed by atoms with Crippen LogP contribution in [0.1, 0.15) is 30.9 Å². The van der Waals surface area contributed by atoms with Gasteiger partial charge in [0.25, 0.3) is 0 Å². The smallest absolute Gasteiger partial charge is 0.248 e. The molecule has 0 bridgehead atoms. The fourth-order valence-corrected chi connectivity index (χ4v) is 4.73. The molecule has 1 aromatic rings. The number of nitrogens with zero attached hydrogens (tertiary/aromatic N) is 3. The fourth-order valence-electron chi connectivity index (χ4n) is 4.37. The first-order valence-corrected chi connectivity index (χ1v) is 10.5. The van der Waals surface area contributed by atoms with Crippen molar-refractivity contribution in [2.24, 2.45) is 5.92 Å². The molecule has 0 spiro atoms. The number of aliphatic hydroxyl groups excluding tert-OH is 1. The van der Waals surface area contributed by atoms with Gasteiger partial charge in [0.2, 0.25) is 11.8 Å². The minimum absolute atomic E-state index is 0.162. The molecular weight excluding hydrogens is 457 g/mol. The van der Waals surface area contributed by atoms with Gasteiger partial charge in [-0.2, -0.15) is 0 Å². The van der Waals surface area contributed by atoms with E-state index in [0.717, 1.165) is 35.1 Å². The Hall–Kier alpha value is -1.29. The number of rotatable bonds is 3. The van der Waals surface area contributed by atoms with Gasteiger partial charge in [0.15, 0.2) is 0 Å². The lowest BCUT2D eigenvalue weighted by Gasteiger charge is -2.47.